The lowest BCUT2D eigenvalue weighted by atomic mass is 10.0. The van der Waals surface area contributed by atoms with E-state index in [0.29, 0.717) is 76.1 Å². The summed E-state index contributed by atoms with van der Waals surface area (Å²) in [5, 5.41) is 0. The molecule has 2 amide bonds. The lowest BCUT2D eigenvalue weighted by molar-refractivity contribution is -0.136. The predicted molar refractivity (Wildman–Crippen MR) is 117 cm³/mol. The summed E-state index contributed by atoms with van der Waals surface area (Å²) >= 11 is 0. The molecule has 9 heteroatoms. The van der Waals surface area contributed by atoms with Gasteiger partial charge in [-0.2, -0.15) is 0 Å². The minimum absolute atomic E-state index is 0.00813. The highest BCUT2D eigenvalue weighted by atomic mass is 16.5. The molecule has 1 aromatic heterocycles. The second kappa shape index (κ2) is 8.74. The minimum atomic E-state index is -0.353. The monoisotopic (exact) mass is 437 g/mol. The number of nitrogens with zero attached hydrogens (tertiary/aromatic N) is 4. The Morgan fingerprint density at radius 2 is 1.91 bits per heavy atom. The lowest BCUT2D eigenvalue weighted by Crippen LogP contribution is -2.44. The van der Waals surface area contributed by atoms with E-state index in [4.69, 9.17) is 4.74 Å². The Bertz CT molecular complexity index is 1060. The molecule has 1 atom stereocenters. The number of carbonyl (C=O) groups is 2. The van der Waals surface area contributed by atoms with Crippen molar-refractivity contribution in [2.45, 2.75) is 25.9 Å². The van der Waals surface area contributed by atoms with Crippen LogP contribution in [0.15, 0.2) is 35.1 Å². The number of anilines is 1. The first-order chi connectivity index (χ1) is 15.6. The Morgan fingerprint density at radius 3 is 2.69 bits per heavy atom. The van der Waals surface area contributed by atoms with Crippen molar-refractivity contribution >= 4 is 17.8 Å². The van der Waals surface area contributed by atoms with Crippen LogP contribution in [0.4, 0.5) is 5.95 Å². The Labute approximate surface area is 186 Å². The average Bonchev–Trinajstić information content (AvgIpc) is 3.19. The van der Waals surface area contributed by atoms with Crippen LogP contribution in [0.25, 0.3) is 0 Å². The van der Waals surface area contributed by atoms with Gasteiger partial charge < -0.3 is 19.4 Å². The molecule has 2 saturated heterocycles. The highest BCUT2D eigenvalue weighted by Crippen LogP contribution is 2.25. The Hall–Kier alpha value is -3.20. The summed E-state index contributed by atoms with van der Waals surface area (Å²) in [4.78, 5) is 51.5. The molecule has 0 spiro atoms. The maximum absolute atomic E-state index is 13.2. The molecule has 1 unspecified atom stereocenters. The average molecular weight is 438 g/mol. The Morgan fingerprint density at radius 1 is 1.12 bits per heavy atom. The van der Waals surface area contributed by atoms with E-state index < -0.39 is 0 Å². The molecule has 3 aliphatic rings. The fourth-order valence-electron chi connectivity index (χ4n) is 4.69. The van der Waals surface area contributed by atoms with E-state index in [1.807, 2.05) is 35.2 Å². The fraction of sp³-hybridized carbons (Fsp3) is 0.478. The summed E-state index contributed by atoms with van der Waals surface area (Å²) in [5.41, 5.74) is 2.23. The van der Waals surface area contributed by atoms with Crippen molar-refractivity contribution in [3.63, 3.8) is 0 Å². The van der Waals surface area contributed by atoms with E-state index in [2.05, 4.69) is 9.97 Å². The second-order valence-electron chi connectivity index (χ2n) is 8.58. The van der Waals surface area contributed by atoms with Gasteiger partial charge in [-0.15, -0.1) is 0 Å². The zero-order chi connectivity index (χ0) is 22.1. The molecule has 0 bridgehead atoms. The molecule has 2 aromatic rings. The number of aromatic amines is 1. The second-order valence-corrected chi connectivity index (χ2v) is 8.58. The number of benzene rings is 1. The van der Waals surface area contributed by atoms with Crippen molar-refractivity contribution in [1.29, 1.82) is 0 Å². The molecular weight excluding hydrogens is 410 g/mol. The quantitative estimate of drug-likeness (QED) is 0.750. The van der Waals surface area contributed by atoms with Crippen LogP contribution in [0, 0.1) is 5.92 Å². The van der Waals surface area contributed by atoms with Gasteiger partial charge >= 0.3 is 0 Å². The van der Waals surface area contributed by atoms with E-state index in [9.17, 15) is 14.4 Å². The zero-order valence-corrected chi connectivity index (χ0v) is 18.0. The maximum Gasteiger partial charge on any atom is 0.255 e. The number of ether oxygens (including phenoxy) is 1. The van der Waals surface area contributed by atoms with Gasteiger partial charge in [0.25, 0.3) is 5.56 Å². The molecule has 1 aromatic carbocycles. The van der Waals surface area contributed by atoms with Crippen molar-refractivity contribution in [3.8, 4) is 0 Å². The van der Waals surface area contributed by atoms with Gasteiger partial charge in [0.2, 0.25) is 17.8 Å². The number of likely N-dealkylation sites (tertiary alicyclic amines) is 1. The van der Waals surface area contributed by atoms with Crippen molar-refractivity contribution in [2.75, 3.05) is 44.3 Å². The molecule has 5 rings (SSSR count). The van der Waals surface area contributed by atoms with Gasteiger partial charge in [-0.3, -0.25) is 19.4 Å². The number of carbonyl (C=O) groups excluding carboxylic acids is 2. The summed E-state index contributed by atoms with van der Waals surface area (Å²) in [6.45, 7) is 4.26. The number of fused-ring (bicyclic) bond motifs is 1. The predicted octanol–water partition coefficient (Wildman–Crippen LogP) is 0.540. The molecule has 32 heavy (non-hydrogen) atoms. The topological polar surface area (TPSA) is 98.8 Å². The van der Waals surface area contributed by atoms with Crippen LogP contribution in [-0.4, -0.2) is 71.0 Å². The molecule has 0 radical (unpaired) electrons. The summed E-state index contributed by atoms with van der Waals surface area (Å²) in [5.74, 6) is 0.160. The molecular formula is C23H27N5O4. The first kappa shape index (κ1) is 20.7. The van der Waals surface area contributed by atoms with Gasteiger partial charge in [0.15, 0.2) is 0 Å². The third-order valence-corrected chi connectivity index (χ3v) is 6.46. The highest BCUT2D eigenvalue weighted by molar-refractivity contribution is 5.89. The van der Waals surface area contributed by atoms with Crippen LogP contribution >= 0.6 is 0 Å². The van der Waals surface area contributed by atoms with Gasteiger partial charge in [-0.05, 0) is 12.0 Å². The zero-order valence-electron chi connectivity index (χ0n) is 18.0. The van der Waals surface area contributed by atoms with Gasteiger partial charge in [0, 0.05) is 44.7 Å². The van der Waals surface area contributed by atoms with Crippen LogP contribution in [0.1, 0.15) is 23.2 Å². The normalized spacial score (nSPS) is 21.1. The molecule has 1 N–H and O–H groups in total. The van der Waals surface area contributed by atoms with E-state index in [1.54, 1.807) is 9.80 Å². The van der Waals surface area contributed by atoms with Crippen molar-refractivity contribution in [1.82, 2.24) is 19.8 Å². The van der Waals surface area contributed by atoms with Gasteiger partial charge in [-0.25, -0.2) is 4.98 Å². The van der Waals surface area contributed by atoms with Crippen molar-refractivity contribution < 1.29 is 14.3 Å². The number of hydrogen-bond donors (Lipinski definition) is 1. The van der Waals surface area contributed by atoms with Crippen LogP contribution in [-0.2, 0) is 33.8 Å². The van der Waals surface area contributed by atoms with Gasteiger partial charge in [0.05, 0.1) is 31.4 Å². The Balaban J connectivity index is 1.28. The first-order valence-electron chi connectivity index (χ1n) is 11.1. The summed E-state index contributed by atoms with van der Waals surface area (Å²) in [6, 6.07) is 9.81. The van der Waals surface area contributed by atoms with Gasteiger partial charge in [-0.1, -0.05) is 30.3 Å². The number of H-pyrrole nitrogens is 1. The molecule has 3 aliphatic heterocycles. The van der Waals surface area contributed by atoms with Crippen LogP contribution in [0.5, 0.6) is 0 Å². The summed E-state index contributed by atoms with van der Waals surface area (Å²) in [7, 11) is 0. The largest absolute Gasteiger partial charge is 0.378 e. The third-order valence-electron chi connectivity index (χ3n) is 6.46. The smallest absolute Gasteiger partial charge is 0.255 e. The van der Waals surface area contributed by atoms with Crippen LogP contribution in [0.2, 0.25) is 0 Å². The molecule has 4 heterocycles. The van der Waals surface area contributed by atoms with E-state index >= 15 is 0 Å². The number of rotatable bonds is 4. The van der Waals surface area contributed by atoms with Crippen molar-refractivity contribution in [2.24, 2.45) is 5.92 Å². The van der Waals surface area contributed by atoms with E-state index in [-0.39, 0.29) is 29.7 Å². The van der Waals surface area contributed by atoms with E-state index in [0.717, 1.165) is 5.56 Å². The highest BCUT2D eigenvalue weighted by Gasteiger charge is 2.37. The third kappa shape index (κ3) is 4.12. The first-order valence-corrected chi connectivity index (χ1v) is 11.1. The Kier molecular flexibility index (Phi) is 5.65. The van der Waals surface area contributed by atoms with Crippen molar-refractivity contribution in [3.05, 3.63) is 57.5 Å². The molecule has 168 valence electrons. The van der Waals surface area contributed by atoms with Crippen LogP contribution < -0.4 is 10.5 Å². The minimum Gasteiger partial charge on any atom is -0.378 e. The maximum atomic E-state index is 13.2. The number of hydrogen-bond acceptors (Lipinski definition) is 6. The number of morpholine rings is 1. The summed E-state index contributed by atoms with van der Waals surface area (Å²) < 4.78 is 5.38. The van der Waals surface area contributed by atoms with Crippen LogP contribution in [0.3, 0.4) is 0 Å². The van der Waals surface area contributed by atoms with E-state index in [1.165, 1.54) is 0 Å². The molecule has 0 aliphatic carbocycles. The molecule has 0 saturated carbocycles. The fourth-order valence-corrected chi connectivity index (χ4v) is 4.69. The standard InChI is InChI=1S/C23H27N5O4/c29-20-12-17(14-28(20)13-16-4-2-1-3-5-16)22(31)27-7-6-18-19(15-27)24-23(25-21(18)30)26-8-10-32-11-9-26/h1-5,17H,6-15H2,(H,24,25,30). The summed E-state index contributed by atoms with van der Waals surface area (Å²) in [6.07, 6.45) is 0.706. The number of amides is 2. The number of aromatic nitrogens is 2. The lowest BCUT2D eigenvalue weighted by Gasteiger charge is -2.32. The molecule has 9 nitrogen and oxygen atoms in total. The van der Waals surface area contributed by atoms with Gasteiger partial charge in [0.1, 0.15) is 0 Å². The number of nitrogens with one attached hydrogen (secondary N) is 1. The SMILES string of the molecule is O=C1CC(C(=O)N2CCc3c(nc(N4CCOCC4)[nH]c3=O)C2)CN1Cc1ccccc1. The molecule has 2 fully saturated rings.